The standard InChI is InChI=1S/C24H26Cl2N2O3/c1-4-23(2,3)12-18-24(16-9-8-15(26)11-17(16)27-22(24)31)19(20(28-18)21(29)30)13-6-5-7-14(25)10-13/h5-11,18-20,28H,4,12H2,1-3H3,(H,27,31)(H,29,30). The van der Waals surface area contributed by atoms with E-state index in [-0.39, 0.29) is 17.4 Å². The van der Waals surface area contributed by atoms with Gasteiger partial charge >= 0.3 is 5.97 Å². The first kappa shape index (κ1) is 22.1. The van der Waals surface area contributed by atoms with Crippen molar-refractivity contribution < 1.29 is 14.7 Å². The number of nitrogens with one attached hydrogen (secondary N) is 2. The highest BCUT2D eigenvalue weighted by Crippen LogP contribution is 2.56. The molecule has 164 valence electrons. The van der Waals surface area contributed by atoms with Gasteiger partial charge in [-0.3, -0.25) is 14.9 Å². The molecule has 2 heterocycles. The molecule has 1 spiro atoms. The average Bonchev–Trinajstić information content (AvgIpc) is 3.17. The second kappa shape index (κ2) is 7.80. The van der Waals surface area contributed by atoms with Gasteiger partial charge in [0.05, 0.1) is 0 Å². The lowest BCUT2D eigenvalue weighted by Gasteiger charge is -2.38. The summed E-state index contributed by atoms with van der Waals surface area (Å²) < 4.78 is 0. The second-order valence-corrected chi connectivity index (χ2v) is 10.2. The van der Waals surface area contributed by atoms with Crippen LogP contribution in [-0.4, -0.2) is 29.1 Å². The summed E-state index contributed by atoms with van der Waals surface area (Å²) in [6.45, 7) is 6.38. The first-order valence-electron chi connectivity index (χ1n) is 10.5. The van der Waals surface area contributed by atoms with Crippen LogP contribution in [0.2, 0.25) is 10.0 Å². The van der Waals surface area contributed by atoms with Crippen LogP contribution in [0.5, 0.6) is 0 Å². The van der Waals surface area contributed by atoms with Gasteiger partial charge in [-0.15, -0.1) is 0 Å². The zero-order valence-corrected chi connectivity index (χ0v) is 19.2. The third-order valence-electron chi connectivity index (χ3n) is 6.99. The fraction of sp³-hybridized carbons (Fsp3) is 0.417. The van der Waals surface area contributed by atoms with Crippen molar-refractivity contribution in [2.45, 2.75) is 57.0 Å². The van der Waals surface area contributed by atoms with Gasteiger partial charge in [0.15, 0.2) is 0 Å². The van der Waals surface area contributed by atoms with E-state index in [1.54, 1.807) is 30.3 Å². The Balaban J connectivity index is 1.99. The van der Waals surface area contributed by atoms with E-state index in [2.05, 4.69) is 31.4 Å². The Labute approximate surface area is 192 Å². The Morgan fingerprint density at radius 3 is 2.52 bits per heavy atom. The lowest BCUT2D eigenvalue weighted by molar-refractivity contribution is -0.139. The van der Waals surface area contributed by atoms with Crippen LogP contribution in [0.25, 0.3) is 0 Å². The van der Waals surface area contributed by atoms with Crippen LogP contribution in [0.3, 0.4) is 0 Å². The largest absolute Gasteiger partial charge is 0.480 e. The molecule has 3 N–H and O–H groups in total. The van der Waals surface area contributed by atoms with Crippen molar-refractivity contribution in [2.24, 2.45) is 5.41 Å². The summed E-state index contributed by atoms with van der Waals surface area (Å²) in [6.07, 6.45) is 1.54. The topological polar surface area (TPSA) is 78.4 Å². The molecule has 5 nitrogen and oxygen atoms in total. The number of hydrogen-bond acceptors (Lipinski definition) is 3. The van der Waals surface area contributed by atoms with Gasteiger partial charge in [-0.25, -0.2) is 0 Å². The second-order valence-electron chi connectivity index (χ2n) is 9.30. The summed E-state index contributed by atoms with van der Waals surface area (Å²) in [5.41, 5.74) is 0.950. The third kappa shape index (κ3) is 3.53. The Morgan fingerprint density at radius 1 is 1.16 bits per heavy atom. The van der Waals surface area contributed by atoms with Crippen LogP contribution in [0.15, 0.2) is 42.5 Å². The number of hydrogen-bond donors (Lipinski definition) is 3. The van der Waals surface area contributed by atoms with Crippen LogP contribution >= 0.6 is 23.2 Å². The maximum absolute atomic E-state index is 13.8. The van der Waals surface area contributed by atoms with Crippen LogP contribution in [0, 0.1) is 5.41 Å². The molecule has 1 fully saturated rings. The summed E-state index contributed by atoms with van der Waals surface area (Å²) in [6, 6.07) is 11.2. The van der Waals surface area contributed by atoms with Crippen molar-refractivity contribution in [1.82, 2.24) is 5.32 Å². The van der Waals surface area contributed by atoms with Crippen molar-refractivity contribution in [1.29, 1.82) is 0 Å². The molecule has 2 aromatic carbocycles. The van der Waals surface area contributed by atoms with Crippen LogP contribution in [0.1, 0.15) is 50.7 Å². The van der Waals surface area contributed by atoms with Crippen LogP contribution in [0.4, 0.5) is 5.69 Å². The molecule has 0 aromatic heterocycles. The van der Waals surface area contributed by atoms with Crippen LogP contribution in [-0.2, 0) is 15.0 Å². The van der Waals surface area contributed by atoms with Crippen molar-refractivity contribution in [3.63, 3.8) is 0 Å². The number of carboxylic acid groups (broad SMARTS) is 1. The number of amides is 1. The average molecular weight is 461 g/mol. The lowest BCUT2D eigenvalue weighted by Crippen LogP contribution is -2.49. The van der Waals surface area contributed by atoms with E-state index in [4.69, 9.17) is 23.2 Å². The van der Waals surface area contributed by atoms with Gasteiger partial charge in [-0.05, 0) is 47.2 Å². The predicted octanol–water partition coefficient (Wildman–Crippen LogP) is 5.22. The first-order valence-corrected chi connectivity index (χ1v) is 11.2. The van der Waals surface area contributed by atoms with Gasteiger partial charge in [0.2, 0.25) is 5.91 Å². The Morgan fingerprint density at radius 2 is 1.87 bits per heavy atom. The number of carboxylic acids is 1. The minimum Gasteiger partial charge on any atom is -0.480 e. The van der Waals surface area contributed by atoms with E-state index in [0.29, 0.717) is 22.2 Å². The van der Waals surface area contributed by atoms with E-state index in [1.807, 2.05) is 12.1 Å². The molecule has 4 rings (SSSR count). The highest BCUT2D eigenvalue weighted by Gasteiger charge is 2.65. The molecular weight excluding hydrogens is 435 g/mol. The zero-order valence-electron chi connectivity index (χ0n) is 17.7. The monoisotopic (exact) mass is 460 g/mol. The van der Waals surface area contributed by atoms with Gasteiger partial charge in [0, 0.05) is 27.7 Å². The number of anilines is 1. The van der Waals surface area contributed by atoms with E-state index in [9.17, 15) is 14.7 Å². The summed E-state index contributed by atoms with van der Waals surface area (Å²) in [7, 11) is 0. The first-order chi connectivity index (χ1) is 14.6. The van der Waals surface area contributed by atoms with Gasteiger partial charge in [0.1, 0.15) is 11.5 Å². The molecule has 2 aliphatic rings. The third-order valence-corrected chi connectivity index (χ3v) is 7.46. The van der Waals surface area contributed by atoms with Gasteiger partial charge < -0.3 is 10.4 Å². The molecular formula is C24H26Cl2N2O3. The van der Waals surface area contributed by atoms with E-state index < -0.39 is 23.3 Å². The number of fused-ring (bicyclic) bond motifs is 2. The predicted molar refractivity (Wildman–Crippen MR) is 123 cm³/mol. The summed E-state index contributed by atoms with van der Waals surface area (Å²) in [5.74, 6) is -1.83. The lowest BCUT2D eigenvalue weighted by atomic mass is 9.62. The van der Waals surface area contributed by atoms with E-state index in [0.717, 1.165) is 17.5 Å². The van der Waals surface area contributed by atoms with Crippen LogP contribution < -0.4 is 10.6 Å². The highest BCUT2D eigenvalue weighted by atomic mass is 35.5. The smallest absolute Gasteiger partial charge is 0.321 e. The molecule has 1 saturated heterocycles. The SMILES string of the molecule is CCC(C)(C)CC1NC(C(=O)O)C(c2cccc(Cl)c2)C12C(=O)Nc1cc(Cl)ccc12. The molecule has 2 aromatic rings. The van der Waals surface area contributed by atoms with Crippen molar-refractivity contribution in [3.8, 4) is 0 Å². The highest BCUT2D eigenvalue weighted by molar-refractivity contribution is 6.31. The van der Waals surface area contributed by atoms with Crippen molar-refractivity contribution in [3.05, 3.63) is 63.6 Å². The maximum atomic E-state index is 13.8. The molecule has 7 heteroatoms. The fourth-order valence-electron chi connectivity index (χ4n) is 5.19. The normalized spacial score (nSPS) is 27.4. The molecule has 2 aliphatic heterocycles. The molecule has 4 unspecified atom stereocenters. The number of rotatable bonds is 5. The van der Waals surface area contributed by atoms with Gasteiger partial charge in [-0.2, -0.15) is 0 Å². The fourth-order valence-corrected chi connectivity index (χ4v) is 5.56. The van der Waals surface area contributed by atoms with E-state index in [1.165, 1.54) is 0 Å². The van der Waals surface area contributed by atoms with Crippen molar-refractivity contribution >= 4 is 40.8 Å². The maximum Gasteiger partial charge on any atom is 0.321 e. The Kier molecular flexibility index (Phi) is 5.57. The molecule has 0 saturated carbocycles. The molecule has 31 heavy (non-hydrogen) atoms. The number of benzene rings is 2. The minimum atomic E-state index is -1.10. The van der Waals surface area contributed by atoms with Crippen molar-refractivity contribution in [2.75, 3.05) is 5.32 Å². The zero-order chi connectivity index (χ0) is 22.6. The van der Waals surface area contributed by atoms with Gasteiger partial charge in [-0.1, -0.05) is 68.6 Å². The summed E-state index contributed by atoms with van der Waals surface area (Å²) in [4.78, 5) is 26.2. The minimum absolute atomic E-state index is 0.0909. The molecule has 1 amide bonds. The summed E-state index contributed by atoms with van der Waals surface area (Å²) in [5, 5.41) is 17.5. The quantitative estimate of drug-likeness (QED) is 0.571. The molecule has 0 bridgehead atoms. The Hall–Kier alpha value is -2.08. The number of halogens is 2. The molecule has 0 radical (unpaired) electrons. The Bertz CT molecular complexity index is 1050. The number of aliphatic carboxylic acids is 1. The number of carbonyl (C=O) groups excluding carboxylic acids is 1. The van der Waals surface area contributed by atoms with E-state index >= 15 is 0 Å². The molecule has 0 aliphatic carbocycles. The number of carbonyl (C=O) groups is 2. The molecule has 4 atom stereocenters. The summed E-state index contributed by atoms with van der Waals surface area (Å²) >= 11 is 12.5. The van der Waals surface area contributed by atoms with Gasteiger partial charge in [0.25, 0.3) is 0 Å².